The van der Waals surface area contributed by atoms with Crippen molar-refractivity contribution < 1.29 is 4.42 Å². The summed E-state index contributed by atoms with van der Waals surface area (Å²) >= 11 is 0. The SMILES string of the molecule is CCNC(=NCc1cnn(C)c1)NCc1coc(-c2ccc(C)cc2)n1. The highest BCUT2D eigenvalue weighted by Gasteiger charge is 2.07. The number of benzene rings is 1. The van der Waals surface area contributed by atoms with Gasteiger partial charge in [0.15, 0.2) is 5.96 Å². The summed E-state index contributed by atoms with van der Waals surface area (Å²) < 4.78 is 7.36. The van der Waals surface area contributed by atoms with Gasteiger partial charge in [-0.1, -0.05) is 17.7 Å². The third-order valence-corrected chi connectivity index (χ3v) is 3.81. The van der Waals surface area contributed by atoms with E-state index in [1.807, 2.05) is 50.6 Å². The third kappa shape index (κ3) is 4.72. The van der Waals surface area contributed by atoms with Crippen molar-refractivity contribution in [3.8, 4) is 11.5 Å². The summed E-state index contributed by atoms with van der Waals surface area (Å²) in [6.07, 6.45) is 5.45. The van der Waals surface area contributed by atoms with Crippen LogP contribution in [0.5, 0.6) is 0 Å². The molecule has 0 aliphatic heterocycles. The van der Waals surface area contributed by atoms with Crippen molar-refractivity contribution in [3.05, 3.63) is 59.7 Å². The molecule has 0 aliphatic rings. The van der Waals surface area contributed by atoms with Crippen molar-refractivity contribution in [2.75, 3.05) is 6.54 Å². The lowest BCUT2D eigenvalue weighted by Crippen LogP contribution is -2.36. The largest absolute Gasteiger partial charge is 0.444 e. The maximum absolute atomic E-state index is 5.59. The number of aromatic nitrogens is 3. The van der Waals surface area contributed by atoms with Crippen LogP contribution in [0.4, 0.5) is 0 Å². The van der Waals surface area contributed by atoms with Crippen LogP contribution in [0.1, 0.15) is 23.7 Å². The van der Waals surface area contributed by atoms with Gasteiger partial charge in [0.05, 0.1) is 25.0 Å². The van der Waals surface area contributed by atoms with Gasteiger partial charge in [0.25, 0.3) is 0 Å². The minimum Gasteiger partial charge on any atom is -0.444 e. The Labute approximate surface area is 153 Å². The molecular formula is C19H24N6O. The molecule has 7 nitrogen and oxygen atoms in total. The van der Waals surface area contributed by atoms with Crippen molar-refractivity contribution >= 4 is 5.96 Å². The smallest absolute Gasteiger partial charge is 0.226 e. The van der Waals surface area contributed by atoms with E-state index in [9.17, 15) is 0 Å². The van der Waals surface area contributed by atoms with Gasteiger partial charge in [0, 0.05) is 30.9 Å². The highest BCUT2D eigenvalue weighted by atomic mass is 16.3. The van der Waals surface area contributed by atoms with Crippen LogP contribution < -0.4 is 10.6 Å². The van der Waals surface area contributed by atoms with Gasteiger partial charge < -0.3 is 15.1 Å². The number of aryl methyl sites for hydroxylation is 2. The van der Waals surface area contributed by atoms with Crippen molar-refractivity contribution in [1.82, 2.24) is 25.4 Å². The summed E-state index contributed by atoms with van der Waals surface area (Å²) in [5.41, 5.74) is 4.07. The first-order valence-electron chi connectivity index (χ1n) is 8.65. The van der Waals surface area contributed by atoms with Crippen LogP contribution in [0, 0.1) is 6.92 Å². The molecule has 0 spiro atoms. The van der Waals surface area contributed by atoms with E-state index in [1.54, 1.807) is 10.9 Å². The molecule has 0 radical (unpaired) electrons. The van der Waals surface area contributed by atoms with Crippen LogP contribution in [0.3, 0.4) is 0 Å². The Hall–Kier alpha value is -3.09. The van der Waals surface area contributed by atoms with Gasteiger partial charge in [0.1, 0.15) is 6.26 Å². The minimum atomic E-state index is 0.536. The van der Waals surface area contributed by atoms with Crippen LogP contribution in [-0.4, -0.2) is 27.3 Å². The number of hydrogen-bond donors (Lipinski definition) is 2. The monoisotopic (exact) mass is 352 g/mol. The summed E-state index contributed by atoms with van der Waals surface area (Å²) in [5.74, 6) is 1.36. The number of hydrogen-bond acceptors (Lipinski definition) is 4. The number of nitrogens with zero attached hydrogens (tertiary/aromatic N) is 4. The molecule has 0 aliphatic carbocycles. The molecule has 3 aromatic rings. The van der Waals surface area contributed by atoms with Gasteiger partial charge in [-0.15, -0.1) is 0 Å². The molecule has 0 saturated carbocycles. The number of oxazole rings is 1. The molecule has 2 aromatic heterocycles. The number of nitrogens with one attached hydrogen (secondary N) is 2. The average molecular weight is 352 g/mol. The highest BCUT2D eigenvalue weighted by Crippen LogP contribution is 2.18. The Morgan fingerprint density at radius 1 is 1.23 bits per heavy atom. The summed E-state index contributed by atoms with van der Waals surface area (Å²) in [7, 11) is 1.90. The fourth-order valence-corrected chi connectivity index (χ4v) is 2.46. The molecule has 0 unspecified atom stereocenters. The predicted molar refractivity (Wildman–Crippen MR) is 102 cm³/mol. The molecule has 0 fully saturated rings. The molecule has 26 heavy (non-hydrogen) atoms. The van der Waals surface area contributed by atoms with E-state index in [2.05, 4.69) is 32.6 Å². The first kappa shape index (κ1) is 17.7. The predicted octanol–water partition coefficient (Wildman–Crippen LogP) is 2.64. The van der Waals surface area contributed by atoms with Crippen LogP contribution in [0.2, 0.25) is 0 Å². The Bertz CT molecular complexity index is 862. The first-order valence-corrected chi connectivity index (χ1v) is 8.65. The molecular weight excluding hydrogens is 328 g/mol. The lowest BCUT2D eigenvalue weighted by Gasteiger charge is -2.09. The zero-order valence-electron chi connectivity index (χ0n) is 15.4. The normalized spacial score (nSPS) is 11.6. The Balaban J connectivity index is 1.61. The van der Waals surface area contributed by atoms with Gasteiger partial charge in [-0.3, -0.25) is 4.68 Å². The van der Waals surface area contributed by atoms with E-state index in [4.69, 9.17) is 4.42 Å². The zero-order valence-corrected chi connectivity index (χ0v) is 15.4. The van der Waals surface area contributed by atoms with Crippen molar-refractivity contribution in [1.29, 1.82) is 0 Å². The van der Waals surface area contributed by atoms with Crippen molar-refractivity contribution in [2.24, 2.45) is 12.0 Å². The molecule has 0 bridgehead atoms. The van der Waals surface area contributed by atoms with Gasteiger partial charge in [0.2, 0.25) is 5.89 Å². The summed E-state index contributed by atoms with van der Waals surface area (Å²) in [6.45, 7) is 5.98. The van der Waals surface area contributed by atoms with E-state index >= 15 is 0 Å². The maximum Gasteiger partial charge on any atom is 0.226 e. The minimum absolute atomic E-state index is 0.536. The molecule has 0 saturated heterocycles. The van der Waals surface area contributed by atoms with Crippen LogP contribution in [0.25, 0.3) is 11.5 Å². The van der Waals surface area contributed by atoms with E-state index < -0.39 is 0 Å². The second-order valence-corrected chi connectivity index (χ2v) is 6.08. The lowest BCUT2D eigenvalue weighted by molar-refractivity contribution is 0.572. The fourth-order valence-electron chi connectivity index (χ4n) is 2.46. The molecule has 2 heterocycles. The molecule has 1 aromatic carbocycles. The van der Waals surface area contributed by atoms with E-state index in [-0.39, 0.29) is 0 Å². The van der Waals surface area contributed by atoms with Gasteiger partial charge in [-0.25, -0.2) is 9.98 Å². The second-order valence-electron chi connectivity index (χ2n) is 6.08. The number of aliphatic imine (C=N–C) groups is 1. The Morgan fingerprint density at radius 3 is 2.73 bits per heavy atom. The molecule has 136 valence electrons. The van der Waals surface area contributed by atoms with Gasteiger partial charge in [-0.2, -0.15) is 5.10 Å². The fraction of sp³-hybridized carbons (Fsp3) is 0.316. The zero-order chi connectivity index (χ0) is 18.4. The summed E-state index contributed by atoms with van der Waals surface area (Å²) in [6, 6.07) is 8.12. The first-order chi connectivity index (χ1) is 12.6. The quantitative estimate of drug-likeness (QED) is 0.527. The molecule has 7 heteroatoms. The van der Waals surface area contributed by atoms with E-state index in [1.165, 1.54) is 5.56 Å². The van der Waals surface area contributed by atoms with Gasteiger partial charge in [-0.05, 0) is 26.0 Å². The Kier molecular flexibility index (Phi) is 5.68. The molecule has 0 amide bonds. The average Bonchev–Trinajstić information content (AvgIpc) is 3.27. The van der Waals surface area contributed by atoms with Crippen LogP contribution in [0.15, 0.2) is 52.3 Å². The van der Waals surface area contributed by atoms with Crippen molar-refractivity contribution in [2.45, 2.75) is 26.9 Å². The van der Waals surface area contributed by atoms with Crippen molar-refractivity contribution in [3.63, 3.8) is 0 Å². The van der Waals surface area contributed by atoms with Crippen LogP contribution in [-0.2, 0) is 20.1 Å². The summed E-state index contributed by atoms with van der Waals surface area (Å²) in [5, 5.41) is 10.7. The molecule has 0 atom stereocenters. The van der Waals surface area contributed by atoms with E-state index in [0.29, 0.717) is 19.0 Å². The topological polar surface area (TPSA) is 80.3 Å². The molecule has 2 N–H and O–H groups in total. The summed E-state index contributed by atoms with van der Waals surface area (Å²) in [4.78, 5) is 9.11. The third-order valence-electron chi connectivity index (χ3n) is 3.81. The van der Waals surface area contributed by atoms with Gasteiger partial charge >= 0.3 is 0 Å². The standard InChI is InChI=1S/C19H24N6O/c1-4-20-19(21-9-15-10-23-25(3)12-15)22-11-17-13-26-18(24-17)16-7-5-14(2)6-8-16/h5-8,10,12-13H,4,9,11H2,1-3H3,(H2,20,21,22). The second kappa shape index (κ2) is 8.33. The highest BCUT2D eigenvalue weighted by molar-refractivity contribution is 5.79. The maximum atomic E-state index is 5.59. The lowest BCUT2D eigenvalue weighted by atomic mass is 10.1. The number of guanidine groups is 1. The van der Waals surface area contributed by atoms with E-state index in [0.717, 1.165) is 29.3 Å². The Morgan fingerprint density at radius 2 is 2.04 bits per heavy atom. The van der Waals surface area contributed by atoms with Crippen LogP contribution >= 0.6 is 0 Å². The molecule has 3 rings (SSSR count). The number of rotatable bonds is 6.